The predicted molar refractivity (Wildman–Crippen MR) is 134 cm³/mol. The lowest BCUT2D eigenvalue weighted by molar-refractivity contribution is -0.142. The molecule has 35 heavy (non-hydrogen) atoms. The molecule has 3 rings (SSSR count). The zero-order valence-electron chi connectivity index (χ0n) is 18.7. The van der Waals surface area contributed by atoms with Gasteiger partial charge in [0.25, 0.3) is 11.5 Å². The third kappa shape index (κ3) is 6.20. The van der Waals surface area contributed by atoms with Gasteiger partial charge in [0.2, 0.25) is 0 Å². The number of hydrogen-bond donors (Lipinski definition) is 1. The molecule has 1 amide bonds. The number of hydrogen-bond acceptors (Lipinski definition) is 4. The van der Waals surface area contributed by atoms with Crippen LogP contribution in [0, 0.1) is 0 Å². The van der Waals surface area contributed by atoms with Crippen LogP contribution in [0.25, 0.3) is 0 Å². The summed E-state index contributed by atoms with van der Waals surface area (Å²) in [4.78, 5) is 31.9. The van der Waals surface area contributed by atoms with Gasteiger partial charge in [0, 0.05) is 23.1 Å². The van der Waals surface area contributed by atoms with Crippen LogP contribution in [0.15, 0.2) is 68.3 Å². The molecule has 0 saturated heterocycles. The number of carbonyl (C=O) groups is 1. The van der Waals surface area contributed by atoms with Crippen LogP contribution in [0.2, 0.25) is 0 Å². The Labute approximate surface area is 217 Å². The van der Waals surface area contributed by atoms with Crippen LogP contribution in [0.3, 0.4) is 0 Å². The number of aromatic nitrogens is 2. The molecule has 0 aliphatic rings. The van der Waals surface area contributed by atoms with Gasteiger partial charge in [-0.25, -0.2) is 4.98 Å². The van der Waals surface area contributed by atoms with Crippen LogP contribution in [0.5, 0.6) is 0 Å². The van der Waals surface area contributed by atoms with Gasteiger partial charge in [0.15, 0.2) is 5.69 Å². The number of alkyl halides is 3. The molecule has 0 aliphatic heterocycles. The van der Waals surface area contributed by atoms with Gasteiger partial charge >= 0.3 is 6.18 Å². The molecular formula is C24H23Br2F3N4O2. The van der Waals surface area contributed by atoms with Crippen LogP contribution in [-0.4, -0.2) is 33.4 Å². The Hall–Kier alpha value is -2.50. The molecule has 186 valence electrons. The Balaban J connectivity index is 2.21. The van der Waals surface area contributed by atoms with Crippen molar-refractivity contribution in [2.75, 3.05) is 13.1 Å². The molecule has 1 heterocycles. The minimum Gasteiger partial charge on any atom is -0.329 e. The molecule has 2 aromatic carbocycles. The van der Waals surface area contributed by atoms with Gasteiger partial charge in [0.1, 0.15) is 10.3 Å². The monoisotopic (exact) mass is 614 g/mol. The zero-order chi connectivity index (χ0) is 25.8. The summed E-state index contributed by atoms with van der Waals surface area (Å²) in [5.74, 6) is -0.581. The number of rotatable bonds is 8. The summed E-state index contributed by atoms with van der Waals surface area (Å²) in [7, 11) is 0. The van der Waals surface area contributed by atoms with Crippen LogP contribution < -0.4 is 11.3 Å². The number of amides is 1. The highest BCUT2D eigenvalue weighted by molar-refractivity contribution is 9.10. The van der Waals surface area contributed by atoms with Gasteiger partial charge in [-0.1, -0.05) is 53.2 Å². The maximum Gasteiger partial charge on any atom is 0.434 e. The summed E-state index contributed by atoms with van der Waals surface area (Å²) in [6.45, 7) is 1.84. The van der Waals surface area contributed by atoms with Gasteiger partial charge in [0.05, 0.1) is 12.6 Å². The van der Waals surface area contributed by atoms with Crippen molar-refractivity contribution in [1.82, 2.24) is 14.5 Å². The summed E-state index contributed by atoms with van der Waals surface area (Å²) in [5.41, 5.74) is 4.60. The Morgan fingerprint density at radius 1 is 1.11 bits per heavy atom. The summed E-state index contributed by atoms with van der Waals surface area (Å²) in [5, 5.41) is 0. The number of nitrogens with two attached hydrogens (primary N) is 1. The second-order valence-corrected chi connectivity index (χ2v) is 9.43. The summed E-state index contributed by atoms with van der Waals surface area (Å²) >= 11 is 6.12. The second kappa shape index (κ2) is 11.5. The molecular weight excluding hydrogens is 593 g/mol. The fraction of sp³-hybridized carbons (Fsp3) is 0.292. The first-order valence-corrected chi connectivity index (χ1v) is 12.3. The van der Waals surface area contributed by atoms with Crippen molar-refractivity contribution in [3.8, 4) is 0 Å². The van der Waals surface area contributed by atoms with Crippen molar-refractivity contribution in [2.24, 2.45) is 5.73 Å². The van der Waals surface area contributed by atoms with Gasteiger partial charge < -0.3 is 10.6 Å². The molecule has 2 N–H and O–H groups in total. The van der Waals surface area contributed by atoms with Gasteiger partial charge in [-0.05, 0) is 52.2 Å². The molecule has 11 heteroatoms. The van der Waals surface area contributed by atoms with E-state index in [0.29, 0.717) is 11.1 Å². The second-order valence-electron chi connectivity index (χ2n) is 7.73. The first kappa shape index (κ1) is 27.1. The van der Waals surface area contributed by atoms with Gasteiger partial charge in [-0.3, -0.25) is 14.2 Å². The van der Waals surface area contributed by atoms with E-state index in [-0.39, 0.29) is 31.9 Å². The first-order chi connectivity index (χ1) is 16.6. The number of nitrogens with zero attached hydrogens (tertiary/aromatic N) is 3. The number of carbonyl (C=O) groups excluding carboxylic acids is 1. The Morgan fingerprint density at radius 2 is 1.74 bits per heavy atom. The Bertz CT molecular complexity index is 1230. The van der Waals surface area contributed by atoms with E-state index in [1.807, 2.05) is 0 Å². The number of halogens is 5. The van der Waals surface area contributed by atoms with Gasteiger partial charge in [-0.2, -0.15) is 13.2 Å². The molecule has 1 unspecified atom stereocenters. The Morgan fingerprint density at radius 3 is 2.29 bits per heavy atom. The van der Waals surface area contributed by atoms with Gasteiger partial charge in [-0.15, -0.1) is 0 Å². The summed E-state index contributed by atoms with van der Waals surface area (Å²) < 4.78 is 42.7. The van der Waals surface area contributed by atoms with Crippen LogP contribution in [-0.2, 0) is 12.7 Å². The normalized spacial score (nSPS) is 12.4. The molecule has 1 aromatic heterocycles. The molecule has 3 aromatic rings. The Kier molecular flexibility index (Phi) is 8.89. The molecule has 0 bridgehead atoms. The average Bonchev–Trinajstić information content (AvgIpc) is 2.83. The highest BCUT2D eigenvalue weighted by Crippen LogP contribution is 2.34. The zero-order valence-corrected chi connectivity index (χ0v) is 21.9. The van der Waals surface area contributed by atoms with Crippen LogP contribution >= 0.6 is 31.9 Å². The van der Waals surface area contributed by atoms with Crippen LogP contribution in [0.1, 0.15) is 46.8 Å². The highest BCUT2D eigenvalue weighted by Gasteiger charge is 2.39. The van der Waals surface area contributed by atoms with Crippen molar-refractivity contribution in [3.63, 3.8) is 0 Å². The lowest BCUT2D eigenvalue weighted by Crippen LogP contribution is -2.42. The van der Waals surface area contributed by atoms with E-state index in [9.17, 15) is 22.8 Å². The molecule has 0 radical (unpaired) electrons. The third-order valence-electron chi connectivity index (χ3n) is 5.38. The maximum absolute atomic E-state index is 13.8. The van der Waals surface area contributed by atoms with E-state index in [4.69, 9.17) is 5.73 Å². The fourth-order valence-corrected chi connectivity index (χ4v) is 4.54. The van der Waals surface area contributed by atoms with E-state index in [0.717, 1.165) is 4.47 Å². The van der Waals surface area contributed by atoms with E-state index in [2.05, 4.69) is 36.8 Å². The summed E-state index contributed by atoms with van der Waals surface area (Å²) in [6, 6.07) is 14.5. The molecule has 0 fully saturated rings. The van der Waals surface area contributed by atoms with Crippen LogP contribution in [0.4, 0.5) is 13.2 Å². The fourth-order valence-electron chi connectivity index (χ4n) is 3.75. The minimum atomic E-state index is -4.87. The largest absolute Gasteiger partial charge is 0.434 e. The smallest absolute Gasteiger partial charge is 0.329 e. The molecule has 0 saturated carbocycles. The molecule has 1 atom stereocenters. The SMILES string of the molecule is CCC(c1nc(C(F)(F)F)c(Br)c(=O)n1Cc1ccccc1)N(CCN)C(=O)c1ccc(Br)cc1. The quantitative estimate of drug-likeness (QED) is 0.369. The third-order valence-corrected chi connectivity index (χ3v) is 6.62. The van der Waals surface area contributed by atoms with Crippen molar-refractivity contribution < 1.29 is 18.0 Å². The van der Waals surface area contributed by atoms with Crippen molar-refractivity contribution in [3.05, 3.63) is 96.5 Å². The average molecular weight is 616 g/mol. The maximum atomic E-state index is 13.8. The lowest BCUT2D eigenvalue weighted by Gasteiger charge is -2.32. The van der Waals surface area contributed by atoms with E-state index >= 15 is 0 Å². The van der Waals surface area contributed by atoms with Crippen molar-refractivity contribution in [1.29, 1.82) is 0 Å². The van der Waals surface area contributed by atoms with E-state index in [1.54, 1.807) is 61.5 Å². The number of benzene rings is 2. The summed E-state index contributed by atoms with van der Waals surface area (Å²) in [6.07, 6.45) is -4.66. The minimum absolute atomic E-state index is 0.0157. The van der Waals surface area contributed by atoms with E-state index in [1.165, 1.54) is 9.47 Å². The van der Waals surface area contributed by atoms with E-state index < -0.39 is 33.9 Å². The predicted octanol–water partition coefficient (Wildman–Crippen LogP) is 5.39. The lowest BCUT2D eigenvalue weighted by atomic mass is 10.1. The van der Waals surface area contributed by atoms with Crippen molar-refractivity contribution in [2.45, 2.75) is 32.1 Å². The standard InChI is InChI=1S/C24H23Br2F3N4O2/c1-2-18(32(13-12-30)22(34)16-8-10-17(25)11-9-16)21-31-20(24(27,28)29)19(26)23(35)33(21)14-15-6-4-3-5-7-15/h3-11,18H,2,12-14,30H2,1H3. The molecule has 6 nitrogen and oxygen atoms in total. The highest BCUT2D eigenvalue weighted by atomic mass is 79.9. The molecule has 0 aliphatic carbocycles. The first-order valence-electron chi connectivity index (χ1n) is 10.8. The topological polar surface area (TPSA) is 81.2 Å². The van der Waals surface area contributed by atoms with Crippen molar-refractivity contribution >= 4 is 37.8 Å². The molecule has 0 spiro atoms.